The molecule has 0 aliphatic carbocycles. The lowest BCUT2D eigenvalue weighted by molar-refractivity contribution is 0.221. The van der Waals surface area contributed by atoms with Gasteiger partial charge in [0.1, 0.15) is 0 Å². The monoisotopic (exact) mass is 280 g/mol. The van der Waals surface area contributed by atoms with E-state index in [1.165, 1.54) is 43.5 Å². The molecule has 106 valence electrons. The number of unbranched alkanes of at least 4 members (excludes halogenated alkanes) is 1. The Morgan fingerprint density at radius 2 is 1.89 bits per heavy atom. The maximum Gasteiger partial charge on any atom is 0.0453 e. The molecule has 0 aromatic heterocycles. The third-order valence-corrected chi connectivity index (χ3v) is 4.23. The quantitative estimate of drug-likeness (QED) is 0.807. The van der Waals surface area contributed by atoms with Crippen LogP contribution in [-0.4, -0.2) is 24.5 Å². The van der Waals surface area contributed by atoms with Crippen molar-refractivity contribution in [2.75, 3.05) is 19.6 Å². The molecule has 0 amide bonds. The average Bonchev–Trinajstić information content (AvgIpc) is 2.43. The molecular formula is C16H25ClN2. The van der Waals surface area contributed by atoms with Gasteiger partial charge in [-0.1, -0.05) is 30.2 Å². The summed E-state index contributed by atoms with van der Waals surface area (Å²) in [7, 11) is 0. The Labute approximate surface area is 121 Å². The second-order valence-corrected chi connectivity index (χ2v) is 5.92. The number of aryl methyl sites for hydroxylation is 1. The highest BCUT2D eigenvalue weighted by Crippen LogP contribution is 2.22. The normalized spacial score (nSPS) is 16.7. The molecule has 0 spiro atoms. The van der Waals surface area contributed by atoms with Crippen molar-refractivity contribution in [3.8, 4) is 0 Å². The van der Waals surface area contributed by atoms with Crippen LogP contribution in [0, 0.1) is 0 Å². The Kier molecular flexibility index (Phi) is 6.15. The minimum atomic E-state index is 0.779. The molecule has 0 bridgehead atoms. The topological polar surface area (TPSA) is 29.3 Å². The molecule has 0 saturated carbocycles. The summed E-state index contributed by atoms with van der Waals surface area (Å²) in [6.45, 7) is 4.21. The van der Waals surface area contributed by atoms with Gasteiger partial charge in [0.15, 0.2) is 0 Å². The Morgan fingerprint density at radius 1 is 1.11 bits per heavy atom. The number of nitrogens with zero attached hydrogens (tertiary/aromatic N) is 1. The molecule has 19 heavy (non-hydrogen) atoms. The van der Waals surface area contributed by atoms with Gasteiger partial charge in [0.05, 0.1) is 0 Å². The van der Waals surface area contributed by atoms with Gasteiger partial charge in [0.2, 0.25) is 0 Å². The molecule has 2 rings (SSSR count). The Hall–Kier alpha value is -0.570. The van der Waals surface area contributed by atoms with Crippen molar-refractivity contribution in [3.05, 3.63) is 34.3 Å². The fourth-order valence-electron chi connectivity index (χ4n) is 2.71. The van der Waals surface area contributed by atoms with E-state index in [0.29, 0.717) is 0 Å². The number of hydrogen-bond acceptors (Lipinski definition) is 2. The van der Waals surface area contributed by atoms with Crippen LogP contribution < -0.4 is 5.73 Å². The lowest BCUT2D eigenvalue weighted by Gasteiger charge is -2.26. The van der Waals surface area contributed by atoms with Crippen LogP contribution in [0.2, 0.25) is 5.02 Å². The Morgan fingerprint density at radius 3 is 2.58 bits per heavy atom. The molecule has 1 fully saturated rings. The lowest BCUT2D eigenvalue weighted by Crippen LogP contribution is -2.29. The predicted octanol–water partition coefficient (Wildman–Crippen LogP) is 3.61. The molecule has 1 saturated heterocycles. The highest BCUT2D eigenvalue weighted by atomic mass is 35.5. The maximum atomic E-state index is 6.41. The Balaban J connectivity index is 1.90. The summed E-state index contributed by atoms with van der Waals surface area (Å²) in [6, 6.07) is 6.56. The fourth-order valence-corrected chi connectivity index (χ4v) is 2.97. The number of piperidine rings is 1. The first kappa shape index (κ1) is 14.8. The SMILES string of the molecule is NCCCCc1ccc(CN2CCCCC2)c(Cl)c1. The van der Waals surface area contributed by atoms with Crippen molar-refractivity contribution >= 4 is 11.6 Å². The third kappa shape index (κ3) is 4.79. The number of hydrogen-bond donors (Lipinski definition) is 1. The van der Waals surface area contributed by atoms with Gasteiger partial charge in [-0.05, 0) is 68.9 Å². The minimum absolute atomic E-state index is 0.779. The summed E-state index contributed by atoms with van der Waals surface area (Å²) in [5.41, 5.74) is 8.12. The van der Waals surface area contributed by atoms with Crippen molar-refractivity contribution in [3.63, 3.8) is 0 Å². The summed E-state index contributed by atoms with van der Waals surface area (Å²) >= 11 is 6.41. The van der Waals surface area contributed by atoms with Crippen LogP contribution in [0.4, 0.5) is 0 Å². The van der Waals surface area contributed by atoms with Gasteiger partial charge >= 0.3 is 0 Å². The van der Waals surface area contributed by atoms with Crippen LogP contribution in [0.5, 0.6) is 0 Å². The molecule has 1 aliphatic rings. The minimum Gasteiger partial charge on any atom is -0.330 e. The number of nitrogens with two attached hydrogens (primary N) is 1. The van der Waals surface area contributed by atoms with Crippen LogP contribution in [-0.2, 0) is 13.0 Å². The van der Waals surface area contributed by atoms with Crippen LogP contribution in [0.15, 0.2) is 18.2 Å². The molecule has 3 heteroatoms. The van der Waals surface area contributed by atoms with E-state index in [0.717, 1.165) is 37.4 Å². The zero-order valence-electron chi connectivity index (χ0n) is 11.7. The summed E-state index contributed by atoms with van der Waals surface area (Å²) in [6.07, 6.45) is 7.36. The first-order chi connectivity index (χ1) is 9.29. The summed E-state index contributed by atoms with van der Waals surface area (Å²) in [5, 5.41) is 0.927. The van der Waals surface area contributed by atoms with Crippen molar-refractivity contribution in [1.82, 2.24) is 4.90 Å². The summed E-state index contributed by atoms with van der Waals surface area (Å²) in [4.78, 5) is 2.51. The van der Waals surface area contributed by atoms with E-state index in [1.54, 1.807) is 0 Å². The first-order valence-corrected chi connectivity index (χ1v) is 7.87. The molecule has 0 radical (unpaired) electrons. The summed E-state index contributed by atoms with van der Waals surface area (Å²) < 4.78 is 0. The number of benzene rings is 1. The van der Waals surface area contributed by atoms with Crippen LogP contribution in [0.1, 0.15) is 43.2 Å². The summed E-state index contributed by atoms with van der Waals surface area (Å²) in [5.74, 6) is 0. The second-order valence-electron chi connectivity index (χ2n) is 5.51. The van der Waals surface area contributed by atoms with Gasteiger partial charge < -0.3 is 5.73 Å². The molecule has 2 N–H and O–H groups in total. The highest BCUT2D eigenvalue weighted by Gasteiger charge is 2.12. The number of rotatable bonds is 6. The first-order valence-electron chi connectivity index (χ1n) is 7.49. The molecule has 1 aromatic carbocycles. The van der Waals surface area contributed by atoms with Gasteiger partial charge in [0.25, 0.3) is 0 Å². The van der Waals surface area contributed by atoms with E-state index in [9.17, 15) is 0 Å². The van der Waals surface area contributed by atoms with Crippen molar-refractivity contribution in [2.45, 2.75) is 45.1 Å². The van der Waals surface area contributed by atoms with Crippen molar-refractivity contribution in [1.29, 1.82) is 0 Å². The van der Waals surface area contributed by atoms with Gasteiger partial charge in [-0.15, -0.1) is 0 Å². The van der Waals surface area contributed by atoms with Gasteiger partial charge in [-0.25, -0.2) is 0 Å². The zero-order valence-corrected chi connectivity index (χ0v) is 12.5. The molecule has 1 aliphatic heterocycles. The van der Waals surface area contributed by atoms with E-state index in [2.05, 4.69) is 23.1 Å². The highest BCUT2D eigenvalue weighted by molar-refractivity contribution is 6.31. The van der Waals surface area contributed by atoms with Crippen molar-refractivity contribution in [2.24, 2.45) is 5.73 Å². The van der Waals surface area contributed by atoms with E-state index in [4.69, 9.17) is 17.3 Å². The molecule has 1 heterocycles. The molecule has 1 aromatic rings. The van der Waals surface area contributed by atoms with E-state index < -0.39 is 0 Å². The standard InChI is InChI=1S/C16H25ClN2/c17-16-12-14(6-2-3-9-18)7-8-15(16)13-19-10-4-1-5-11-19/h7-8,12H,1-6,9-11,13,18H2. The van der Waals surface area contributed by atoms with Gasteiger partial charge in [-0.3, -0.25) is 4.90 Å². The number of halogens is 1. The van der Waals surface area contributed by atoms with Crippen LogP contribution >= 0.6 is 11.6 Å². The lowest BCUT2D eigenvalue weighted by atomic mass is 10.0. The predicted molar refractivity (Wildman–Crippen MR) is 82.6 cm³/mol. The largest absolute Gasteiger partial charge is 0.330 e. The maximum absolute atomic E-state index is 6.41. The van der Waals surface area contributed by atoms with E-state index in [1.807, 2.05) is 0 Å². The van der Waals surface area contributed by atoms with E-state index >= 15 is 0 Å². The Bertz CT molecular complexity index is 386. The van der Waals surface area contributed by atoms with E-state index in [-0.39, 0.29) is 0 Å². The van der Waals surface area contributed by atoms with Gasteiger partial charge in [0, 0.05) is 11.6 Å². The third-order valence-electron chi connectivity index (χ3n) is 3.88. The molecule has 0 atom stereocenters. The average molecular weight is 281 g/mol. The van der Waals surface area contributed by atoms with Crippen LogP contribution in [0.25, 0.3) is 0 Å². The molecular weight excluding hydrogens is 256 g/mol. The smallest absolute Gasteiger partial charge is 0.0453 e. The van der Waals surface area contributed by atoms with Crippen LogP contribution in [0.3, 0.4) is 0 Å². The fraction of sp³-hybridized carbons (Fsp3) is 0.625. The zero-order chi connectivity index (χ0) is 13.5. The molecule has 0 unspecified atom stereocenters. The number of likely N-dealkylation sites (tertiary alicyclic amines) is 1. The second kappa shape index (κ2) is 7.88. The van der Waals surface area contributed by atoms with Crippen molar-refractivity contribution < 1.29 is 0 Å². The molecule has 2 nitrogen and oxygen atoms in total. The van der Waals surface area contributed by atoms with Gasteiger partial charge in [-0.2, -0.15) is 0 Å².